The molecule has 1 aromatic rings. The second-order valence-electron chi connectivity index (χ2n) is 3.96. The van der Waals surface area contributed by atoms with Crippen molar-refractivity contribution in [3.8, 4) is 5.75 Å². The molecule has 1 aliphatic heterocycles. The average Bonchev–Trinajstić information content (AvgIpc) is 2.84. The molecule has 0 saturated carbocycles. The number of methoxy groups -OCH3 is 1. The smallest absolute Gasteiger partial charge is 0.310 e. The number of hydrogen-bond acceptors (Lipinski definition) is 4. The van der Waals surface area contributed by atoms with Gasteiger partial charge in [0.2, 0.25) is 0 Å². The predicted octanol–water partition coefficient (Wildman–Crippen LogP) is 1.57. The van der Waals surface area contributed by atoms with E-state index in [1.54, 1.807) is 0 Å². The first-order valence-corrected chi connectivity index (χ1v) is 5.68. The van der Waals surface area contributed by atoms with Gasteiger partial charge in [0.25, 0.3) is 0 Å². The lowest BCUT2D eigenvalue weighted by molar-refractivity contribution is -0.139. The molecule has 1 heterocycles. The summed E-state index contributed by atoms with van der Waals surface area (Å²) in [4.78, 5) is 11.3. The molecule has 1 aromatic carbocycles. The molecule has 17 heavy (non-hydrogen) atoms. The number of carbonyl (C=O) groups excluding carboxylic acids is 1. The summed E-state index contributed by atoms with van der Waals surface area (Å²) in [5.41, 5.74) is 0.853. The Labute approximate surface area is 100 Å². The Hall–Kier alpha value is -1.55. The van der Waals surface area contributed by atoms with Gasteiger partial charge in [0.05, 0.1) is 26.7 Å². The van der Waals surface area contributed by atoms with E-state index in [1.165, 1.54) is 7.11 Å². The van der Waals surface area contributed by atoms with Gasteiger partial charge in [0.15, 0.2) is 0 Å². The predicted molar refractivity (Wildman–Crippen MR) is 62.0 cm³/mol. The van der Waals surface area contributed by atoms with Crippen LogP contribution < -0.4 is 4.74 Å². The molecule has 0 radical (unpaired) electrons. The van der Waals surface area contributed by atoms with Crippen LogP contribution in [-0.4, -0.2) is 32.4 Å². The summed E-state index contributed by atoms with van der Waals surface area (Å²) in [7, 11) is 1.39. The van der Waals surface area contributed by atoms with Crippen LogP contribution in [-0.2, 0) is 20.7 Å². The van der Waals surface area contributed by atoms with Gasteiger partial charge in [-0.05, 0) is 6.07 Å². The molecule has 0 aliphatic carbocycles. The van der Waals surface area contributed by atoms with E-state index in [0.717, 1.165) is 24.3 Å². The first-order valence-electron chi connectivity index (χ1n) is 5.68. The Balaban J connectivity index is 2.06. The van der Waals surface area contributed by atoms with Crippen LogP contribution in [0.1, 0.15) is 12.0 Å². The van der Waals surface area contributed by atoms with E-state index in [0.29, 0.717) is 6.61 Å². The zero-order valence-corrected chi connectivity index (χ0v) is 9.85. The zero-order valence-electron chi connectivity index (χ0n) is 9.85. The molecule has 92 valence electrons. The molecular weight excluding hydrogens is 220 g/mol. The van der Waals surface area contributed by atoms with Crippen LogP contribution in [0.25, 0.3) is 0 Å². The Kier molecular flexibility index (Phi) is 3.98. The Morgan fingerprint density at radius 1 is 1.47 bits per heavy atom. The van der Waals surface area contributed by atoms with E-state index in [1.807, 2.05) is 24.3 Å². The summed E-state index contributed by atoms with van der Waals surface area (Å²) >= 11 is 0. The number of rotatable bonds is 4. The first kappa shape index (κ1) is 11.9. The molecule has 1 saturated heterocycles. The number of para-hydroxylation sites is 1. The van der Waals surface area contributed by atoms with Crippen molar-refractivity contribution in [3.05, 3.63) is 29.8 Å². The number of esters is 1. The normalized spacial score (nSPS) is 19.0. The highest BCUT2D eigenvalue weighted by molar-refractivity contribution is 5.73. The van der Waals surface area contributed by atoms with Crippen LogP contribution >= 0.6 is 0 Å². The lowest BCUT2D eigenvalue weighted by atomic mass is 10.1. The largest absolute Gasteiger partial charge is 0.488 e. The minimum atomic E-state index is -0.260. The second kappa shape index (κ2) is 5.68. The van der Waals surface area contributed by atoms with Gasteiger partial charge in [0, 0.05) is 12.0 Å². The molecule has 0 spiro atoms. The van der Waals surface area contributed by atoms with Crippen LogP contribution in [0.15, 0.2) is 24.3 Å². The highest BCUT2D eigenvalue weighted by atomic mass is 16.5. The van der Waals surface area contributed by atoms with Crippen LogP contribution in [0.2, 0.25) is 0 Å². The second-order valence-corrected chi connectivity index (χ2v) is 3.96. The Morgan fingerprint density at radius 3 is 3.00 bits per heavy atom. The number of benzene rings is 1. The first-order chi connectivity index (χ1) is 8.29. The maximum atomic E-state index is 11.3. The summed E-state index contributed by atoms with van der Waals surface area (Å²) in [6.45, 7) is 1.36. The topological polar surface area (TPSA) is 44.8 Å². The number of hydrogen-bond donors (Lipinski definition) is 0. The van der Waals surface area contributed by atoms with Crippen LogP contribution in [0.4, 0.5) is 0 Å². The average molecular weight is 236 g/mol. The summed E-state index contributed by atoms with van der Waals surface area (Å²) in [6, 6.07) is 7.53. The Morgan fingerprint density at radius 2 is 2.29 bits per heavy atom. The molecule has 1 aliphatic rings. The fourth-order valence-electron chi connectivity index (χ4n) is 1.78. The van der Waals surface area contributed by atoms with Gasteiger partial charge >= 0.3 is 5.97 Å². The molecule has 2 rings (SSSR count). The van der Waals surface area contributed by atoms with Gasteiger partial charge in [-0.3, -0.25) is 4.79 Å². The van der Waals surface area contributed by atoms with Gasteiger partial charge in [-0.1, -0.05) is 18.2 Å². The summed E-state index contributed by atoms with van der Waals surface area (Å²) in [5, 5.41) is 0. The van der Waals surface area contributed by atoms with Crippen LogP contribution in [0.3, 0.4) is 0 Å². The number of carbonyl (C=O) groups is 1. The van der Waals surface area contributed by atoms with E-state index >= 15 is 0 Å². The maximum Gasteiger partial charge on any atom is 0.310 e. The minimum absolute atomic E-state index is 0.0915. The standard InChI is InChI=1S/C13H16O4/c1-15-13(14)8-10-4-2-3-5-12(10)17-11-6-7-16-9-11/h2-5,11H,6-9H2,1H3. The zero-order chi connectivity index (χ0) is 12.1. The molecule has 1 fully saturated rings. The van der Waals surface area contributed by atoms with Crippen molar-refractivity contribution in [1.29, 1.82) is 0 Å². The van der Waals surface area contributed by atoms with Crippen molar-refractivity contribution in [1.82, 2.24) is 0 Å². The molecule has 0 aromatic heterocycles. The van der Waals surface area contributed by atoms with Gasteiger partial charge in [-0.2, -0.15) is 0 Å². The molecule has 0 N–H and O–H groups in total. The van der Waals surface area contributed by atoms with Crippen molar-refractivity contribution in [3.63, 3.8) is 0 Å². The van der Waals surface area contributed by atoms with Crippen molar-refractivity contribution in [2.75, 3.05) is 20.3 Å². The van der Waals surface area contributed by atoms with E-state index in [9.17, 15) is 4.79 Å². The van der Waals surface area contributed by atoms with E-state index in [2.05, 4.69) is 4.74 Å². The SMILES string of the molecule is COC(=O)Cc1ccccc1OC1CCOC1. The van der Waals surface area contributed by atoms with Crippen molar-refractivity contribution < 1.29 is 19.0 Å². The van der Waals surface area contributed by atoms with Gasteiger partial charge in [-0.15, -0.1) is 0 Å². The van der Waals surface area contributed by atoms with E-state index in [4.69, 9.17) is 9.47 Å². The van der Waals surface area contributed by atoms with Crippen molar-refractivity contribution >= 4 is 5.97 Å². The highest BCUT2D eigenvalue weighted by Gasteiger charge is 2.19. The fourth-order valence-corrected chi connectivity index (χ4v) is 1.78. The molecular formula is C13H16O4. The Bertz CT molecular complexity index is 383. The van der Waals surface area contributed by atoms with Gasteiger partial charge < -0.3 is 14.2 Å². The number of ether oxygens (including phenoxy) is 3. The molecule has 4 nitrogen and oxygen atoms in total. The molecule has 0 amide bonds. The molecule has 0 bridgehead atoms. The van der Waals surface area contributed by atoms with Crippen molar-refractivity contribution in [2.24, 2.45) is 0 Å². The van der Waals surface area contributed by atoms with Gasteiger partial charge in [-0.25, -0.2) is 0 Å². The molecule has 4 heteroatoms. The fraction of sp³-hybridized carbons (Fsp3) is 0.462. The summed E-state index contributed by atoms with van der Waals surface area (Å²) < 4.78 is 15.7. The third kappa shape index (κ3) is 3.20. The van der Waals surface area contributed by atoms with E-state index in [-0.39, 0.29) is 18.5 Å². The highest BCUT2D eigenvalue weighted by Crippen LogP contribution is 2.22. The molecule has 1 unspecified atom stereocenters. The third-order valence-corrected chi connectivity index (χ3v) is 2.72. The maximum absolute atomic E-state index is 11.3. The lowest BCUT2D eigenvalue weighted by Gasteiger charge is -2.14. The van der Waals surface area contributed by atoms with Crippen LogP contribution in [0, 0.1) is 0 Å². The van der Waals surface area contributed by atoms with Gasteiger partial charge in [0.1, 0.15) is 11.9 Å². The lowest BCUT2D eigenvalue weighted by Crippen LogP contribution is -2.17. The third-order valence-electron chi connectivity index (χ3n) is 2.72. The minimum Gasteiger partial charge on any atom is -0.488 e. The summed E-state index contributed by atoms with van der Waals surface area (Å²) in [5.74, 6) is 0.483. The quantitative estimate of drug-likeness (QED) is 0.744. The van der Waals surface area contributed by atoms with Crippen LogP contribution in [0.5, 0.6) is 5.75 Å². The molecule has 1 atom stereocenters. The monoisotopic (exact) mass is 236 g/mol. The van der Waals surface area contributed by atoms with Crippen molar-refractivity contribution in [2.45, 2.75) is 18.9 Å². The van der Waals surface area contributed by atoms with E-state index < -0.39 is 0 Å². The summed E-state index contributed by atoms with van der Waals surface area (Å²) in [6.07, 6.45) is 1.22.